The molecule has 1 fully saturated rings. The Morgan fingerprint density at radius 1 is 1.03 bits per heavy atom. The molecule has 0 bridgehead atoms. The van der Waals surface area contributed by atoms with Crippen LogP contribution in [-0.2, 0) is 11.2 Å². The number of fused-ring (bicyclic) bond motifs is 1. The molecule has 0 radical (unpaired) electrons. The summed E-state index contributed by atoms with van der Waals surface area (Å²) in [4.78, 5) is 17.5. The van der Waals surface area contributed by atoms with E-state index in [9.17, 15) is 9.90 Å². The van der Waals surface area contributed by atoms with Gasteiger partial charge in [0.1, 0.15) is 6.61 Å². The fraction of sp³-hybridized carbons (Fsp3) is 0.345. The Bertz CT molecular complexity index is 1230. The van der Waals surface area contributed by atoms with E-state index in [1.54, 1.807) is 7.11 Å². The number of anilines is 2. The lowest BCUT2D eigenvalue weighted by atomic mass is 9.86. The summed E-state index contributed by atoms with van der Waals surface area (Å²) in [5, 5.41) is 10.3. The zero-order valence-electron chi connectivity index (χ0n) is 20.7. The van der Waals surface area contributed by atoms with E-state index < -0.39 is 5.60 Å². The highest BCUT2D eigenvalue weighted by molar-refractivity contribution is 5.98. The summed E-state index contributed by atoms with van der Waals surface area (Å²) >= 11 is 0. The smallest absolute Gasteiger partial charge is 0.232 e. The van der Waals surface area contributed by atoms with Gasteiger partial charge in [-0.15, -0.1) is 0 Å². The number of amides is 1. The third-order valence-electron chi connectivity index (χ3n) is 6.95. The molecule has 3 aromatic carbocycles. The SMILES string of the molecule is COc1cc2c(cc1OCC1(O)CC1)C(c1ccc(C)cc1)N(c1ccc(N(C)C)cc1)C(=O)C2. The van der Waals surface area contributed by atoms with Gasteiger partial charge in [-0.25, -0.2) is 0 Å². The van der Waals surface area contributed by atoms with Gasteiger partial charge >= 0.3 is 0 Å². The number of hydrogen-bond acceptors (Lipinski definition) is 5. The van der Waals surface area contributed by atoms with Gasteiger partial charge in [0, 0.05) is 25.5 Å². The summed E-state index contributed by atoms with van der Waals surface area (Å²) in [6.45, 7) is 2.28. The number of methoxy groups -OCH3 is 1. The predicted octanol–water partition coefficient (Wildman–Crippen LogP) is 4.65. The molecule has 35 heavy (non-hydrogen) atoms. The second-order valence-electron chi connectivity index (χ2n) is 9.88. The number of ether oxygens (including phenoxy) is 2. The maximum Gasteiger partial charge on any atom is 0.232 e. The first-order chi connectivity index (χ1) is 16.8. The number of benzene rings is 3. The lowest BCUT2D eigenvalue weighted by Crippen LogP contribution is -2.41. The van der Waals surface area contributed by atoms with E-state index >= 15 is 0 Å². The van der Waals surface area contributed by atoms with Crippen LogP contribution in [0.15, 0.2) is 60.7 Å². The van der Waals surface area contributed by atoms with E-state index in [0.717, 1.165) is 46.5 Å². The summed E-state index contributed by atoms with van der Waals surface area (Å²) < 4.78 is 11.7. The van der Waals surface area contributed by atoms with Crippen LogP contribution in [0.3, 0.4) is 0 Å². The molecule has 1 atom stereocenters. The highest BCUT2D eigenvalue weighted by atomic mass is 16.5. The monoisotopic (exact) mass is 472 g/mol. The van der Waals surface area contributed by atoms with Crippen molar-refractivity contribution >= 4 is 17.3 Å². The first-order valence-electron chi connectivity index (χ1n) is 12.0. The van der Waals surface area contributed by atoms with Crippen LogP contribution in [0.1, 0.15) is 41.1 Å². The molecule has 1 aliphatic carbocycles. The Balaban J connectivity index is 1.62. The van der Waals surface area contributed by atoms with E-state index in [0.29, 0.717) is 11.5 Å². The Morgan fingerprint density at radius 2 is 1.71 bits per heavy atom. The molecule has 3 aromatic rings. The van der Waals surface area contributed by atoms with Crippen LogP contribution in [0.4, 0.5) is 11.4 Å². The normalized spacial score (nSPS) is 18.1. The van der Waals surface area contributed by atoms with Crippen molar-refractivity contribution in [3.8, 4) is 11.5 Å². The molecule has 1 saturated carbocycles. The summed E-state index contributed by atoms with van der Waals surface area (Å²) in [6, 6.07) is 20.0. The number of rotatable bonds is 7. The molecule has 6 heteroatoms. The van der Waals surface area contributed by atoms with Gasteiger partial charge in [-0.3, -0.25) is 4.79 Å². The van der Waals surface area contributed by atoms with Crippen LogP contribution in [-0.4, -0.2) is 44.4 Å². The van der Waals surface area contributed by atoms with Crippen LogP contribution >= 0.6 is 0 Å². The van der Waals surface area contributed by atoms with Gasteiger partial charge in [0.2, 0.25) is 5.91 Å². The fourth-order valence-electron chi connectivity index (χ4n) is 4.61. The summed E-state index contributed by atoms with van der Waals surface area (Å²) in [5.41, 5.74) is 5.30. The zero-order valence-corrected chi connectivity index (χ0v) is 20.7. The highest BCUT2D eigenvalue weighted by Crippen LogP contribution is 2.44. The minimum Gasteiger partial charge on any atom is -0.493 e. The summed E-state index contributed by atoms with van der Waals surface area (Å²) in [7, 11) is 5.60. The van der Waals surface area contributed by atoms with E-state index in [2.05, 4.69) is 31.2 Å². The molecule has 182 valence electrons. The second-order valence-corrected chi connectivity index (χ2v) is 9.88. The summed E-state index contributed by atoms with van der Waals surface area (Å²) in [6.07, 6.45) is 1.77. The Labute approximate surface area is 206 Å². The molecule has 1 unspecified atom stereocenters. The van der Waals surface area contributed by atoms with Crippen molar-refractivity contribution in [2.75, 3.05) is 37.6 Å². The summed E-state index contributed by atoms with van der Waals surface area (Å²) in [5.74, 6) is 1.19. The van der Waals surface area contributed by atoms with Gasteiger partial charge in [0.05, 0.1) is 25.2 Å². The standard InChI is InChI=1S/C29H32N2O4/c1-19-5-7-20(8-6-19)28-24-17-26(35-18-29(33)13-14-29)25(34-4)15-21(24)16-27(32)31(28)23-11-9-22(10-12-23)30(2)3/h5-12,15,17,28,33H,13-14,16,18H2,1-4H3. The Kier molecular flexibility index (Phi) is 5.93. The zero-order chi connectivity index (χ0) is 24.7. The number of aliphatic hydroxyl groups is 1. The number of hydrogen-bond donors (Lipinski definition) is 1. The van der Waals surface area contributed by atoms with Crippen LogP contribution < -0.4 is 19.3 Å². The molecule has 0 saturated heterocycles. The highest BCUT2D eigenvalue weighted by Gasteiger charge is 2.42. The molecule has 6 nitrogen and oxygen atoms in total. The van der Waals surface area contributed by atoms with Crippen LogP contribution in [0, 0.1) is 6.92 Å². The third kappa shape index (κ3) is 4.58. The average Bonchev–Trinajstić information content (AvgIpc) is 3.59. The average molecular weight is 473 g/mol. The molecule has 1 heterocycles. The molecular weight excluding hydrogens is 440 g/mol. The Hall–Kier alpha value is -3.51. The van der Waals surface area contributed by atoms with Gasteiger partial charge in [-0.05, 0) is 72.9 Å². The second kappa shape index (κ2) is 8.93. The van der Waals surface area contributed by atoms with Crippen LogP contribution in [0.2, 0.25) is 0 Å². The molecule has 2 aliphatic rings. The van der Waals surface area contributed by atoms with Gasteiger partial charge in [-0.2, -0.15) is 0 Å². The van der Waals surface area contributed by atoms with Crippen molar-refractivity contribution in [2.24, 2.45) is 0 Å². The molecule has 0 spiro atoms. The maximum atomic E-state index is 13.6. The van der Waals surface area contributed by atoms with Crippen molar-refractivity contribution < 1.29 is 19.4 Å². The number of carbonyl (C=O) groups excluding carboxylic acids is 1. The van der Waals surface area contributed by atoms with E-state index in [4.69, 9.17) is 9.47 Å². The van der Waals surface area contributed by atoms with Gasteiger partial charge in [0.15, 0.2) is 11.5 Å². The van der Waals surface area contributed by atoms with E-state index in [1.165, 1.54) is 0 Å². The van der Waals surface area contributed by atoms with Gasteiger partial charge in [0.25, 0.3) is 0 Å². The van der Waals surface area contributed by atoms with Crippen LogP contribution in [0.25, 0.3) is 0 Å². The molecule has 1 amide bonds. The first kappa shape index (κ1) is 23.2. The topological polar surface area (TPSA) is 62.2 Å². The quantitative estimate of drug-likeness (QED) is 0.542. The number of aryl methyl sites for hydroxylation is 1. The van der Waals surface area contributed by atoms with Gasteiger partial charge in [-0.1, -0.05) is 29.8 Å². The van der Waals surface area contributed by atoms with Crippen LogP contribution in [0.5, 0.6) is 11.5 Å². The lowest BCUT2D eigenvalue weighted by molar-refractivity contribution is -0.118. The molecule has 1 aliphatic heterocycles. The minimum atomic E-state index is -0.743. The molecule has 5 rings (SSSR count). The van der Waals surface area contributed by atoms with Crippen molar-refractivity contribution in [1.82, 2.24) is 0 Å². The van der Waals surface area contributed by atoms with E-state index in [1.807, 2.05) is 60.3 Å². The maximum absolute atomic E-state index is 13.6. The van der Waals surface area contributed by atoms with E-state index in [-0.39, 0.29) is 25.0 Å². The lowest BCUT2D eigenvalue weighted by Gasteiger charge is -2.38. The first-order valence-corrected chi connectivity index (χ1v) is 12.0. The van der Waals surface area contributed by atoms with Crippen molar-refractivity contribution in [2.45, 2.75) is 37.8 Å². The number of nitrogens with zero attached hydrogens (tertiary/aromatic N) is 2. The fourth-order valence-corrected chi connectivity index (χ4v) is 4.61. The Morgan fingerprint density at radius 3 is 2.31 bits per heavy atom. The molecular formula is C29H32N2O4. The van der Waals surface area contributed by atoms with Gasteiger partial charge < -0.3 is 24.4 Å². The predicted molar refractivity (Wildman–Crippen MR) is 138 cm³/mol. The van der Waals surface area contributed by atoms with Crippen molar-refractivity contribution in [3.63, 3.8) is 0 Å². The largest absolute Gasteiger partial charge is 0.493 e. The molecule has 1 N–H and O–H groups in total. The third-order valence-corrected chi connectivity index (χ3v) is 6.95. The van der Waals surface area contributed by atoms with Crippen molar-refractivity contribution in [3.05, 3.63) is 82.9 Å². The van der Waals surface area contributed by atoms with Crippen molar-refractivity contribution in [1.29, 1.82) is 0 Å². The molecule has 0 aromatic heterocycles. The number of carbonyl (C=O) groups is 1. The minimum absolute atomic E-state index is 0.0312.